The maximum absolute atomic E-state index is 9.97. The van der Waals surface area contributed by atoms with Crippen molar-refractivity contribution in [3.05, 3.63) is 40.7 Å². The monoisotopic (exact) mass is 281 g/mol. The zero-order valence-electron chi connectivity index (χ0n) is 10.9. The lowest BCUT2D eigenvalue weighted by molar-refractivity contribution is 0.369. The molecule has 0 aliphatic heterocycles. The summed E-state index contributed by atoms with van der Waals surface area (Å²) in [4.78, 5) is 0. The number of benzene rings is 1. The molecule has 0 fully saturated rings. The third-order valence-corrected chi connectivity index (χ3v) is 2.96. The number of nitrogens with zero attached hydrogens (tertiary/aromatic N) is 2. The van der Waals surface area contributed by atoms with Crippen LogP contribution in [0.15, 0.2) is 24.5 Å². The number of aromatic nitrogens is 2. The van der Waals surface area contributed by atoms with Crippen LogP contribution < -0.4 is 10.1 Å². The summed E-state index contributed by atoms with van der Waals surface area (Å²) in [6, 6.07) is 3.30. The van der Waals surface area contributed by atoms with E-state index < -0.39 is 0 Å². The van der Waals surface area contributed by atoms with E-state index in [1.165, 1.54) is 7.11 Å². The lowest BCUT2D eigenvalue weighted by Crippen LogP contribution is -2.12. The van der Waals surface area contributed by atoms with Crippen LogP contribution in [0.1, 0.15) is 11.1 Å². The quantitative estimate of drug-likeness (QED) is 0.881. The minimum absolute atomic E-state index is 0.116. The number of aryl methyl sites for hydroxylation is 1. The number of ether oxygens (including phenoxy) is 1. The molecule has 0 saturated heterocycles. The Hall–Kier alpha value is -1.72. The number of hydrogen-bond acceptors (Lipinski definition) is 4. The molecule has 0 aliphatic rings. The van der Waals surface area contributed by atoms with Crippen LogP contribution in [-0.4, -0.2) is 22.0 Å². The zero-order valence-corrected chi connectivity index (χ0v) is 11.6. The molecule has 0 amide bonds. The van der Waals surface area contributed by atoms with Crippen molar-refractivity contribution in [1.82, 2.24) is 15.1 Å². The number of phenolic OH excluding ortho intramolecular Hbond substituents is 1. The van der Waals surface area contributed by atoms with Crippen LogP contribution in [0.25, 0.3) is 0 Å². The summed E-state index contributed by atoms with van der Waals surface area (Å²) in [5.74, 6) is 0.497. The topological polar surface area (TPSA) is 59.3 Å². The predicted molar refractivity (Wildman–Crippen MR) is 73.4 cm³/mol. The van der Waals surface area contributed by atoms with Gasteiger partial charge in [0.2, 0.25) is 0 Å². The third-order valence-electron chi connectivity index (χ3n) is 2.74. The number of methoxy groups -OCH3 is 1. The van der Waals surface area contributed by atoms with Gasteiger partial charge in [0, 0.05) is 48.5 Å². The molecular weight excluding hydrogens is 266 g/mol. The Morgan fingerprint density at radius 3 is 2.84 bits per heavy atom. The van der Waals surface area contributed by atoms with Crippen molar-refractivity contribution in [1.29, 1.82) is 0 Å². The number of nitrogens with one attached hydrogen (secondary N) is 1. The van der Waals surface area contributed by atoms with E-state index >= 15 is 0 Å². The average molecular weight is 282 g/mol. The van der Waals surface area contributed by atoms with E-state index in [9.17, 15) is 5.11 Å². The molecule has 0 spiro atoms. The summed E-state index contributed by atoms with van der Waals surface area (Å²) in [6.45, 7) is 1.17. The van der Waals surface area contributed by atoms with Crippen LogP contribution in [0.2, 0.25) is 5.02 Å². The van der Waals surface area contributed by atoms with Gasteiger partial charge in [0.05, 0.1) is 13.3 Å². The van der Waals surface area contributed by atoms with Gasteiger partial charge < -0.3 is 15.2 Å². The fourth-order valence-corrected chi connectivity index (χ4v) is 2.05. The normalized spacial score (nSPS) is 10.7. The highest BCUT2D eigenvalue weighted by atomic mass is 35.5. The van der Waals surface area contributed by atoms with Gasteiger partial charge in [0.1, 0.15) is 0 Å². The number of rotatable bonds is 5. The van der Waals surface area contributed by atoms with Gasteiger partial charge in [-0.25, -0.2) is 0 Å². The summed E-state index contributed by atoms with van der Waals surface area (Å²) in [7, 11) is 3.37. The first-order chi connectivity index (χ1) is 9.10. The maximum atomic E-state index is 9.97. The summed E-state index contributed by atoms with van der Waals surface area (Å²) < 4.78 is 6.81. The summed E-state index contributed by atoms with van der Waals surface area (Å²) in [6.07, 6.45) is 3.73. The molecule has 2 rings (SSSR count). The van der Waals surface area contributed by atoms with Gasteiger partial charge in [0.25, 0.3) is 0 Å². The van der Waals surface area contributed by atoms with Gasteiger partial charge in [-0.3, -0.25) is 4.68 Å². The first-order valence-corrected chi connectivity index (χ1v) is 6.21. The minimum atomic E-state index is 0.116. The first kappa shape index (κ1) is 13.7. The summed E-state index contributed by atoms with van der Waals surface area (Å²) in [5, 5.41) is 17.8. The van der Waals surface area contributed by atoms with E-state index in [1.807, 2.05) is 13.2 Å². The van der Waals surface area contributed by atoms with Crippen LogP contribution >= 0.6 is 11.6 Å². The molecule has 0 atom stereocenters. The van der Waals surface area contributed by atoms with E-state index in [4.69, 9.17) is 16.3 Å². The second-order valence-electron chi connectivity index (χ2n) is 4.24. The van der Waals surface area contributed by atoms with Crippen LogP contribution in [-0.2, 0) is 20.1 Å². The summed E-state index contributed by atoms with van der Waals surface area (Å²) in [5.41, 5.74) is 1.78. The van der Waals surface area contributed by atoms with Crippen molar-refractivity contribution in [3.63, 3.8) is 0 Å². The van der Waals surface area contributed by atoms with Gasteiger partial charge in [-0.2, -0.15) is 5.10 Å². The van der Waals surface area contributed by atoms with Crippen LogP contribution in [0.3, 0.4) is 0 Å². The summed E-state index contributed by atoms with van der Waals surface area (Å²) >= 11 is 5.97. The second-order valence-corrected chi connectivity index (χ2v) is 4.68. The molecule has 1 aromatic carbocycles. The van der Waals surface area contributed by atoms with E-state index in [2.05, 4.69) is 10.4 Å². The van der Waals surface area contributed by atoms with Crippen LogP contribution in [0, 0.1) is 0 Å². The van der Waals surface area contributed by atoms with E-state index in [1.54, 1.807) is 23.0 Å². The lowest BCUT2D eigenvalue weighted by Gasteiger charge is -2.10. The number of halogens is 1. The number of aromatic hydroxyl groups is 1. The van der Waals surface area contributed by atoms with Gasteiger partial charge >= 0.3 is 0 Å². The fraction of sp³-hybridized carbons (Fsp3) is 0.308. The van der Waals surface area contributed by atoms with Crippen molar-refractivity contribution < 1.29 is 9.84 Å². The molecule has 0 bridgehead atoms. The molecule has 2 N–H and O–H groups in total. The Kier molecular flexibility index (Phi) is 4.29. The number of phenols is 1. The van der Waals surface area contributed by atoms with Crippen molar-refractivity contribution in [2.75, 3.05) is 7.11 Å². The Morgan fingerprint density at radius 2 is 2.21 bits per heavy atom. The van der Waals surface area contributed by atoms with E-state index in [0.717, 1.165) is 5.56 Å². The standard InChI is InChI=1S/C13H16ClN3O2/c1-17-8-9(6-16-17)5-15-7-10-3-11(14)4-12(19-2)13(10)18/h3-4,6,8,15,18H,5,7H2,1-2H3. The van der Waals surface area contributed by atoms with E-state index in [-0.39, 0.29) is 5.75 Å². The van der Waals surface area contributed by atoms with Crippen LogP contribution in [0.5, 0.6) is 11.5 Å². The molecule has 1 aromatic heterocycles. The molecule has 1 heterocycles. The van der Waals surface area contributed by atoms with Gasteiger partial charge in [-0.15, -0.1) is 0 Å². The molecule has 2 aromatic rings. The Bertz CT molecular complexity index is 569. The van der Waals surface area contributed by atoms with Gasteiger partial charge in [-0.1, -0.05) is 11.6 Å². The van der Waals surface area contributed by atoms with Crippen molar-refractivity contribution in [2.45, 2.75) is 13.1 Å². The highest BCUT2D eigenvalue weighted by Gasteiger charge is 2.09. The van der Waals surface area contributed by atoms with Crippen molar-refractivity contribution >= 4 is 11.6 Å². The fourth-order valence-electron chi connectivity index (χ4n) is 1.82. The largest absolute Gasteiger partial charge is 0.504 e. The molecule has 19 heavy (non-hydrogen) atoms. The van der Waals surface area contributed by atoms with E-state index in [0.29, 0.717) is 29.4 Å². The molecule has 102 valence electrons. The third kappa shape index (κ3) is 3.39. The maximum Gasteiger partial charge on any atom is 0.162 e. The van der Waals surface area contributed by atoms with Crippen LogP contribution in [0.4, 0.5) is 0 Å². The molecule has 5 nitrogen and oxygen atoms in total. The SMILES string of the molecule is COc1cc(Cl)cc(CNCc2cnn(C)c2)c1O. The smallest absolute Gasteiger partial charge is 0.162 e. The first-order valence-electron chi connectivity index (χ1n) is 5.83. The Labute approximate surface area is 116 Å². The second kappa shape index (κ2) is 5.95. The molecule has 6 heteroatoms. The van der Waals surface area contributed by atoms with Crippen molar-refractivity contribution in [3.8, 4) is 11.5 Å². The lowest BCUT2D eigenvalue weighted by atomic mass is 10.2. The highest BCUT2D eigenvalue weighted by molar-refractivity contribution is 6.30. The predicted octanol–water partition coefficient (Wildman–Crippen LogP) is 2.08. The van der Waals surface area contributed by atoms with Crippen molar-refractivity contribution in [2.24, 2.45) is 7.05 Å². The number of hydrogen-bond donors (Lipinski definition) is 2. The average Bonchev–Trinajstić information content (AvgIpc) is 2.79. The zero-order chi connectivity index (χ0) is 13.8. The minimum Gasteiger partial charge on any atom is -0.504 e. The Morgan fingerprint density at radius 1 is 1.42 bits per heavy atom. The van der Waals surface area contributed by atoms with Gasteiger partial charge in [-0.05, 0) is 6.07 Å². The molecule has 0 radical (unpaired) electrons. The molecule has 0 aliphatic carbocycles. The van der Waals surface area contributed by atoms with Gasteiger partial charge in [0.15, 0.2) is 11.5 Å². The molecular formula is C13H16ClN3O2. The molecule has 0 saturated carbocycles. The molecule has 0 unspecified atom stereocenters. The Balaban J connectivity index is 2.01. The highest BCUT2D eigenvalue weighted by Crippen LogP contribution is 2.33.